The molecule has 0 spiro atoms. The molecule has 2 atom stereocenters. The number of hydrogen-bond acceptors (Lipinski definition) is 4. The summed E-state index contributed by atoms with van der Waals surface area (Å²) in [4.78, 5) is 13.9. The van der Waals surface area contributed by atoms with Crippen LogP contribution in [-0.2, 0) is 9.53 Å². The maximum absolute atomic E-state index is 11.8. The summed E-state index contributed by atoms with van der Waals surface area (Å²) in [5.41, 5.74) is 5.11. The average Bonchev–Trinajstić information content (AvgIpc) is 2.51. The molecule has 88 valence electrons. The van der Waals surface area contributed by atoms with Gasteiger partial charge in [0.2, 0.25) is 5.91 Å². The van der Waals surface area contributed by atoms with Gasteiger partial charge >= 0.3 is 0 Å². The zero-order valence-corrected chi connectivity index (χ0v) is 9.75. The predicted molar refractivity (Wildman–Crippen MR) is 58.5 cm³/mol. The van der Waals surface area contributed by atoms with Gasteiger partial charge in [-0.2, -0.15) is 0 Å². The molecule has 15 heavy (non-hydrogen) atoms. The van der Waals surface area contributed by atoms with Crippen molar-refractivity contribution in [3.8, 4) is 0 Å². The molecule has 0 aromatic carbocycles. The van der Waals surface area contributed by atoms with Gasteiger partial charge in [-0.3, -0.25) is 4.79 Å². The second-order valence-corrected chi connectivity index (χ2v) is 4.60. The van der Waals surface area contributed by atoms with Crippen LogP contribution < -0.4 is 11.1 Å². The van der Waals surface area contributed by atoms with E-state index < -0.39 is 5.54 Å². The molecule has 0 bridgehead atoms. The Hall–Kier alpha value is -0.650. The van der Waals surface area contributed by atoms with E-state index in [1.807, 2.05) is 25.9 Å². The van der Waals surface area contributed by atoms with Gasteiger partial charge in [0.25, 0.3) is 0 Å². The van der Waals surface area contributed by atoms with E-state index in [0.29, 0.717) is 19.6 Å². The number of rotatable bonds is 4. The summed E-state index contributed by atoms with van der Waals surface area (Å²) in [6.45, 7) is 3.68. The van der Waals surface area contributed by atoms with Crippen LogP contribution in [-0.4, -0.2) is 56.2 Å². The first-order valence-electron chi connectivity index (χ1n) is 5.26. The summed E-state index contributed by atoms with van der Waals surface area (Å²) in [5, 5.41) is 2.91. The van der Waals surface area contributed by atoms with Crippen LogP contribution in [0.5, 0.6) is 0 Å². The second kappa shape index (κ2) is 4.92. The Labute approximate surface area is 90.9 Å². The van der Waals surface area contributed by atoms with Crippen molar-refractivity contribution < 1.29 is 9.53 Å². The van der Waals surface area contributed by atoms with Crippen molar-refractivity contribution in [2.24, 2.45) is 5.73 Å². The lowest BCUT2D eigenvalue weighted by molar-refractivity contribution is -0.127. The van der Waals surface area contributed by atoms with Crippen LogP contribution in [0.2, 0.25) is 0 Å². The number of likely N-dealkylation sites (N-methyl/N-ethyl adjacent to an activating group) is 1. The van der Waals surface area contributed by atoms with Crippen molar-refractivity contribution in [2.45, 2.75) is 24.9 Å². The molecule has 1 amide bonds. The van der Waals surface area contributed by atoms with Crippen molar-refractivity contribution in [2.75, 3.05) is 33.9 Å². The van der Waals surface area contributed by atoms with Crippen LogP contribution in [0.1, 0.15) is 13.3 Å². The molecule has 5 nitrogen and oxygen atoms in total. The molecule has 2 unspecified atom stereocenters. The van der Waals surface area contributed by atoms with E-state index in [2.05, 4.69) is 5.32 Å². The molecule has 0 radical (unpaired) electrons. The van der Waals surface area contributed by atoms with Crippen LogP contribution in [0.4, 0.5) is 0 Å². The Morgan fingerprint density at radius 1 is 1.67 bits per heavy atom. The fraction of sp³-hybridized carbons (Fsp3) is 0.900. The minimum Gasteiger partial charge on any atom is -0.379 e. The summed E-state index contributed by atoms with van der Waals surface area (Å²) in [6, 6.07) is 0.105. The van der Waals surface area contributed by atoms with Crippen molar-refractivity contribution in [3.63, 3.8) is 0 Å². The third-order valence-corrected chi connectivity index (χ3v) is 2.52. The van der Waals surface area contributed by atoms with Crippen molar-refractivity contribution in [1.29, 1.82) is 0 Å². The SMILES string of the molecule is CC(CN(C)C)NC(=O)C1(N)CCOC1. The molecule has 1 heterocycles. The Morgan fingerprint density at radius 2 is 2.33 bits per heavy atom. The number of nitrogens with two attached hydrogens (primary N) is 1. The third kappa shape index (κ3) is 3.44. The monoisotopic (exact) mass is 215 g/mol. The second-order valence-electron chi connectivity index (χ2n) is 4.60. The predicted octanol–water partition coefficient (Wildman–Crippen LogP) is -0.829. The van der Waals surface area contributed by atoms with E-state index in [9.17, 15) is 4.79 Å². The fourth-order valence-electron chi connectivity index (χ4n) is 1.72. The molecule has 1 aliphatic rings. The number of hydrogen-bond donors (Lipinski definition) is 2. The number of amides is 1. The quantitative estimate of drug-likeness (QED) is 0.642. The maximum atomic E-state index is 11.8. The van der Waals surface area contributed by atoms with E-state index >= 15 is 0 Å². The van der Waals surface area contributed by atoms with E-state index in [0.717, 1.165) is 6.54 Å². The Balaban J connectivity index is 2.40. The van der Waals surface area contributed by atoms with Gasteiger partial charge in [-0.05, 0) is 27.4 Å². The van der Waals surface area contributed by atoms with Crippen LogP contribution in [0.15, 0.2) is 0 Å². The van der Waals surface area contributed by atoms with Crippen LogP contribution in [0.25, 0.3) is 0 Å². The summed E-state index contributed by atoms with van der Waals surface area (Å²) in [6.07, 6.45) is 0.605. The summed E-state index contributed by atoms with van der Waals surface area (Å²) < 4.78 is 5.15. The lowest BCUT2D eigenvalue weighted by atomic mass is 9.99. The highest BCUT2D eigenvalue weighted by molar-refractivity contribution is 5.86. The molecule has 1 aliphatic heterocycles. The number of nitrogens with zero attached hydrogens (tertiary/aromatic N) is 1. The minimum atomic E-state index is -0.819. The van der Waals surface area contributed by atoms with Crippen molar-refractivity contribution in [1.82, 2.24) is 10.2 Å². The van der Waals surface area contributed by atoms with Gasteiger partial charge in [0.05, 0.1) is 6.61 Å². The first-order valence-corrected chi connectivity index (χ1v) is 5.26. The molecule has 5 heteroatoms. The smallest absolute Gasteiger partial charge is 0.242 e. The lowest BCUT2D eigenvalue weighted by Gasteiger charge is -2.25. The zero-order valence-electron chi connectivity index (χ0n) is 9.75. The Kier molecular flexibility index (Phi) is 4.07. The number of carbonyl (C=O) groups is 1. The maximum Gasteiger partial charge on any atom is 0.242 e. The van der Waals surface area contributed by atoms with E-state index in [4.69, 9.17) is 10.5 Å². The minimum absolute atomic E-state index is 0.102. The van der Waals surface area contributed by atoms with E-state index in [1.54, 1.807) is 0 Å². The van der Waals surface area contributed by atoms with Gasteiger partial charge in [-0.1, -0.05) is 0 Å². The molecular formula is C10H21N3O2. The Morgan fingerprint density at radius 3 is 2.80 bits per heavy atom. The van der Waals surface area contributed by atoms with Crippen molar-refractivity contribution in [3.05, 3.63) is 0 Å². The highest BCUT2D eigenvalue weighted by Gasteiger charge is 2.38. The van der Waals surface area contributed by atoms with Crippen LogP contribution in [0, 0.1) is 0 Å². The topological polar surface area (TPSA) is 67.6 Å². The van der Waals surface area contributed by atoms with E-state index in [-0.39, 0.29) is 11.9 Å². The molecular weight excluding hydrogens is 194 g/mol. The number of ether oxygens (including phenoxy) is 1. The molecule has 0 aromatic rings. The lowest BCUT2D eigenvalue weighted by Crippen LogP contribution is -2.57. The van der Waals surface area contributed by atoms with E-state index in [1.165, 1.54) is 0 Å². The third-order valence-electron chi connectivity index (χ3n) is 2.52. The van der Waals surface area contributed by atoms with Gasteiger partial charge in [0.1, 0.15) is 5.54 Å². The molecule has 3 N–H and O–H groups in total. The molecule has 1 rings (SSSR count). The number of nitrogens with one attached hydrogen (secondary N) is 1. The fourth-order valence-corrected chi connectivity index (χ4v) is 1.72. The van der Waals surface area contributed by atoms with Crippen LogP contribution >= 0.6 is 0 Å². The molecule has 1 fully saturated rings. The molecule has 0 aromatic heterocycles. The average molecular weight is 215 g/mol. The molecule has 0 saturated carbocycles. The van der Waals surface area contributed by atoms with Gasteiger partial charge in [0, 0.05) is 19.2 Å². The van der Waals surface area contributed by atoms with Gasteiger partial charge < -0.3 is 20.7 Å². The Bertz CT molecular complexity index is 225. The summed E-state index contributed by atoms with van der Waals surface area (Å²) in [7, 11) is 3.94. The van der Waals surface area contributed by atoms with Crippen LogP contribution in [0.3, 0.4) is 0 Å². The zero-order chi connectivity index (χ0) is 11.5. The molecule has 1 saturated heterocycles. The summed E-state index contributed by atoms with van der Waals surface area (Å²) in [5.74, 6) is -0.102. The van der Waals surface area contributed by atoms with Crippen molar-refractivity contribution >= 4 is 5.91 Å². The first-order chi connectivity index (χ1) is 6.94. The standard InChI is InChI=1S/C10H21N3O2/c1-8(6-13(2)3)12-9(14)10(11)4-5-15-7-10/h8H,4-7,11H2,1-3H3,(H,12,14). The summed E-state index contributed by atoms with van der Waals surface area (Å²) >= 11 is 0. The number of carbonyl (C=O) groups excluding carboxylic acids is 1. The van der Waals surface area contributed by atoms with Gasteiger partial charge in [-0.25, -0.2) is 0 Å². The first kappa shape index (κ1) is 12.4. The molecule has 0 aliphatic carbocycles. The normalized spacial score (nSPS) is 28.1. The van der Waals surface area contributed by atoms with Gasteiger partial charge in [-0.15, -0.1) is 0 Å². The largest absolute Gasteiger partial charge is 0.379 e. The highest BCUT2D eigenvalue weighted by Crippen LogP contribution is 2.15. The van der Waals surface area contributed by atoms with Gasteiger partial charge in [0.15, 0.2) is 0 Å². The highest BCUT2D eigenvalue weighted by atomic mass is 16.5.